The van der Waals surface area contributed by atoms with Gasteiger partial charge >= 0.3 is 11.9 Å². The topological polar surface area (TPSA) is 122 Å². The second kappa shape index (κ2) is 7.30. The molecule has 8 nitrogen and oxygen atoms in total. The van der Waals surface area contributed by atoms with Gasteiger partial charge in [-0.2, -0.15) is 0 Å². The van der Waals surface area contributed by atoms with E-state index in [1.54, 1.807) is 24.8 Å². The number of hydrogen-bond acceptors (Lipinski definition) is 6. The predicted octanol–water partition coefficient (Wildman–Crippen LogP) is -1.01. The molecule has 0 saturated carbocycles. The van der Waals surface area contributed by atoms with Crippen molar-refractivity contribution in [2.24, 2.45) is 0 Å². The van der Waals surface area contributed by atoms with Crippen LogP contribution in [0.2, 0.25) is 0 Å². The molecule has 1 aliphatic rings. The van der Waals surface area contributed by atoms with E-state index in [1.807, 2.05) is 0 Å². The standard InChI is InChI=1S/C6H9NO5.C4H4N2/c8-5(9)3-4(6(10)11)12-2-1-7-3;1-2-6-4-3-5-1/h3-4,7H,1-2H2,(H,8,9)(H,10,11);1-4H. The molecule has 1 fully saturated rings. The van der Waals surface area contributed by atoms with Crippen LogP contribution in [0.25, 0.3) is 0 Å². The van der Waals surface area contributed by atoms with E-state index in [9.17, 15) is 9.59 Å². The average molecular weight is 255 g/mol. The molecule has 2 rings (SSSR count). The summed E-state index contributed by atoms with van der Waals surface area (Å²) < 4.78 is 4.77. The molecule has 1 saturated heterocycles. The summed E-state index contributed by atoms with van der Waals surface area (Å²) in [7, 11) is 0. The number of aromatic nitrogens is 2. The number of carboxylic acid groups (broad SMARTS) is 2. The Kier molecular flexibility index (Phi) is 5.68. The number of hydrogen-bond donors (Lipinski definition) is 3. The van der Waals surface area contributed by atoms with Gasteiger partial charge in [-0.05, 0) is 0 Å². The first-order valence-electron chi connectivity index (χ1n) is 5.13. The zero-order chi connectivity index (χ0) is 13.4. The van der Waals surface area contributed by atoms with Gasteiger partial charge in [0.1, 0.15) is 6.04 Å². The summed E-state index contributed by atoms with van der Waals surface area (Å²) >= 11 is 0. The number of nitrogens with one attached hydrogen (secondary N) is 1. The molecule has 1 aromatic rings. The van der Waals surface area contributed by atoms with E-state index in [1.165, 1.54) is 0 Å². The second-order valence-electron chi connectivity index (χ2n) is 3.29. The fourth-order valence-electron chi connectivity index (χ4n) is 1.29. The Morgan fingerprint density at radius 3 is 2.00 bits per heavy atom. The summed E-state index contributed by atoms with van der Waals surface area (Å²) in [5.74, 6) is -2.46. The molecule has 1 aliphatic heterocycles. The van der Waals surface area contributed by atoms with E-state index >= 15 is 0 Å². The van der Waals surface area contributed by atoms with Crippen LogP contribution in [-0.4, -0.2) is 57.4 Å². The molecule has 18 heavy (non-hydrogen) atoms. The van der Waals surface area contributed by atoms with Gasteiger partial charge in [0.2, 0.25) is 0 Å². The molecule has 2 atom stereocenters. The summed E-state index contributed by atoms with van der Waals surface area (Å²) in [6.45, 7) is 0.585. The van der Waals surface area contributed by atoms with E-state index < -0.39 is 24.1 Å². The lowest BCUT2D eigenvalue weighted by atomic mass is 10.1. The average Bonchev–Trinajstić information content (AvgIpc) is 2.41. The van der Waals surface area contributed by atoms with Crippen LogP contribution >= 0.6 is 0 Å². The maximum Gasteiger partial charge on any atom is 0.335 e. The van der Waals surface area contributed by atoms with Gasteiger partial charge in [-0.1, -0.05) is 0 Å². The number of carboxylic acids is 2. The van der Waals surface area contributed by atoms with Crippen molar-refractivity contribution in [3.05, 3.63) is 24.8 Å². The number of morpholine rings is 1. The Bertz CT molecular complexity index is 338. The lowest BCUT2D eigenvalue weighted by Crippen LogP contribution is -2.55. The van der Waals surface area contributed by atoms with Crippen LogP contribution in [0.15, 0.2) is 24.8 Å². The van der Waals surface area contributed by atoms with Gasteiger partial charge in [0.05, 0.1) is 6.61 Å². The lowest BCUT2D eigenvalue weighted by molar-refractivity contribution is -0.163. The van der Waals surface area contributed by atoms with Gasteiger partial charge in [-0.15, -0.1) is 0 Å². The minimum Gasteiger partial charge on any atom is -0.480 e. The predicted molar refractivity (Wildman–Crippen MR) is 58.8 cm³/mol. The molecular formula is C10H13N3O5. The number of nitrogens with zero attached hydrogens (tertiary/aromatic N) is 2. The van der Waals surface area contributed by atoms with Gasteiger partial charge in [-0.3, -0.25) is 20.1 Å². The van der Waals surface area contributed by atoms with Crippen LogP contribution in [0.3, 0.4) is 0 Å². The van der Waals surface area contributed by atoms with E-state index in [0.29, 0.717) is 6.54 Å². The maximum absolute atomic E-state index is 10.5. The summed E-state index contributed by atoms with van der Waals surface area (Å²) in [5, 5.41) is 19.6. The second-order valence-corrected chi connectivity index (χ2v) is 3.29. The largest absolute Gasteiger partial charge is 0.480 e. The number of rotatable bonds is 2. The van der Waals surface area contributed by atoms with Crippen molar-refractivity contribution < 1.29 is 24.5 Å². The zero-order valence-corrected chi connectivity index (χ0v) is 9.39. The molecule has 1 aromatic heterocycles. The van der Waals surface area contributed by atoms with Gasteiger partial charge in [-0.25, -0.2) is 4.79 Å². The van der Waals surface area contributed by atoms with Gasteiger partial charge < -0.3 is 14.9 Å². The molecular weight excluding hydrogens is 242 g/mol. The fourth-order valence-corrected chi connectivity index (χ4v) is 1.29. The molecule has 0 bridgehead atoms. The minimum absolute atomic E-state index is 0.223. The molecule has 0 radical (unpaired) electrons. The Labute approximate surface area is 103 Å². The monoisotopic (exact) mass is 255 g/mol. The Morgan fingerprint density at radius 1 is 1.11 bits per heavy atom. The summed E-state index contributed by atoms with van der Waals surface area (Å²) in [6.07, 6.45) is 5.27. The van der Waals surface area contributed by atoms with Gasteiger partial charge in [0.25, 0.3) is 0 Å². The smallest absolute Gasteiger partial charge is 0.335 e. The van der Waals surface area contributed by atoms with E-state index in [2.05, 4.69) is 15.3 Å². The van der Waals surface area contributed by atoms with Crippen molar-refractivity contribution >= 4 is 11.9 Å². The van der Waals surface area contributed by atoms with E-state index in [4.69, 9.17) is 14.9 Å². The first kappa shape index (κ1) is 14.0. The molecule has 2 unspecified atom stereocenters. The van der Waals surface area contributed by atoms with Crippen LogP contribution in [0.1, 0.15) is 0 Å². The van der Waals surface area contributed by atoms with E-state index in [-0.39, 0.29) is 6.61 Å². The van der Waals surface area contributed by atoms with Crippen molar-refractivity contribution in [2.75, 3.05) is 13.2 Å². The fraction of sp³-hybridized carbons (Fsp3) is 0.400. The molecule has 0 aliphatic carbocycles. The maximum atomic E-state index is 10.5. The number of carbonyl (C=O) groups is 2. The quantitative estimate of drug-likeness (QED) is 0.614. The molecule has 2 heterocycles. The number of aliphatic carboxylic acids is 2. The SMILES string of the molecule is O=C(O)C1NCCOC1C(=O)O.c1cnccn1. The van der Waals surface area contributed by atoms with Crippen molar-refractivity contribution in [3.8, 4) is 0 Å². The minimum atomic E-state index is -1.28. The molecule has 0 aromatic carbocycles. The highest BCUT2D eigenvalue weighted by atomic mass is 16.5. The molecule has 98 valence electrons. The zero-order valence-electron chi connectivity index (χ0n) is 9.39. The van der Waals surface area contributed by atoms with Crippen molar-refractivity contribution in [1.29, 1.82) is 0 Å². The first-order chi connectivity index (χ1) is 8.63. The van der Waals surface area contributed by atoms with Crippen LogP contribution in [0.4, 0.5) is 0 Å². The van der Waals surface area contributed by atoms with Crippen molar-refractivity contribution in [2.45, 2.75) is 12.1 Å². The highest BCUT2D eigenvalue weighted by Gasteiger charge is 2.36. The summed E-state index contributed by atoms with van der Waals surface area (Å²) in [5.41, 5.74) is 0. The Morgan fingerprint density at radius 2 is 1.67 bits per heavy atom. The van der Waals surface area contributed by atoms with E-state index in [0.717, 1.165) is 0 Å². The van der Waals surface area contributed by atoms with Crippen LogP contribution in [0, 0.1) is 0 Å². The van der Waals surface area contributed by atoms with Crippen molar-refractivity contribution in [1.82, 2.24) is 15.3 Å². The van der Waals surface area contributed by atoms with Gasteiger partial charge in [0.15, 0.2) is 6.10 Å². The highest BCUT2D eigenvalue weighted by Crippen LogP contribution is 2.04. The molecule has 8 heteroatoms. The molecule has 3 N–H and O–H groups in total. The van der Waals surface area contributed by atoms with Crippen LogP contribution in [-0.2, 0) is 14.3 Å². The third-order valence-corrected chi connectivity index (χ3v) is 2.05. The summed E-state index contributed by atoms with van der Waals surface area (Å²) in [4.78, 5) is 28.3. The van der Waals surface area contributed by atoms with Crippen LogP contribution < -0.4 is 5.32 Å². The van der Waals surface area contributed by atoms with Crippen molar-refractivity contribution in [3.63, 3.8) is 0 Å². The Hall–Kier alpha value is -2.06. The lowest BCUT2D eigenvalue weighted by Gasteiger charge is -2.26. The number of ether oxygens (including phenoxy) is 1. The normalized spacial score (nSPS) is 22.4. The Balaban J connectivity index is 0.000000225. The van der Waals surface area contributed by atoms with Gasteiger partial charge in [0, 0.05) is 31.3 Å². The highest BCUT2D eigenvalue weighted by molar-refractivity contribution is 5.84. The summed E-state index contributed by atoms with van der Waals surface area (Å²) in [6, 6.07) is -1.14. The molecule has 0 amide bonds. The van der Waals surface area contributed by atoms with Crippen LogP contribution in [0.5, 0.6) is 0 Å². The molecule has 0 spiro atoms. The third-order valence-electron chi connectivity index (χ3n) is 2.05. The first-order valence-corrected chi connectivity index (χ1v) is 5.13. The third kappa shape index (κ3) is 4.44.